The third-order valence-electron chi connectivity index (χ3n) is 9.73. The predicted octanol–water partition coefficient (Wildman–Crippen LogP) is 7.30. The van der Waals surface area contributed by atoms with E-state index in [9.17, 15) is 0 Å². The van der Waals surface area contributed by atoms with E-state index in [-0.39, 0.29) is 7.35 Å². The fraction of sp³-hybridized carbons (Fsp3) is 0.125. The van der Waals surface area contributed by atoms with Crippen molar-refractivity contribution in [3.05, 3.63) is 143 Å². The van der Waals surface area contributed by atoms with E-state index in [0.717, 1.165) is 6.64 Å². The Morgan fingerprint density at radius 3 is 1.25 bits per heavy atom. The van der Waals surface area contributed by atoms with Crippen LogP contribution >= 0.6 is 17.2 Å². The maximum atomic E-state index is 9.16. The van der Waals surface area contributed by atoms with Gasteiger partial charge < -0.3 is 0 Å². The van der Waals surface area contributed by atoms with Gasteiger partial charge in [-0.25, -0.2) is 0 Å². The summed E-state index contributed by atoms with van der Waals surface area (Å²) in [5.41, 5.74) is 7.48. The van der Waals surface area contributed by atoms with Crippen molar-refractivity contribution >= 4 is 43.4 Å². The van der Waals surface area contributed by atoms with E-state index in [1.165, 1.54) is 33.4 Å². The molecule has 2 atom stereocenters. The Balaban J connectivity index is 1.94. The summed E-state index contributed by atoms with van der Waals surface area (Å²) in [5, 5.41) is 0. The summed E-state index contributed by atoms with van der Waals surface area (Å²) < 4.78 is 1.99. The fourth-order valence-electron chi connectivity index (χ4n) is 8.53. The van der Waals surface area contributed by atoms with Gasteiger partial charge in [-0.1, -0.05) is 0 Å². The fourth-order valence-corrected chi connectivity index (χ4v) is 77.7. The van der Waals surface area contributed by atoms with Gasteiger partial charge in [-0.05, 0) is 0 Å². The number of halogens is 2. The molecule has 2 aliphatic rings. The molecule has 0 radical (unpaired) electrons. The quantitative estimate of drug-likeness (QED) is 0.197. The van der Waals surface area contributed by atoms with Gasteiger partial charge in [-0.2, -0.15) is 0 Å². The molecule has 4 heteroatoms. The summed E-state index contributed by atoms with van der Waals surface area (Å²) in [7, 11) is 18.9. The van der Waals surface area contributed by atoms with Gasteiger partial charge in [-0.3, -0.25) is 0 Å². The molecular weight excluding hydrogens is 662 g/mol. The Hall–Kier alpha value is -1.97. The van der Waals surface area contributed by atoms with Gasteiger partial charge in [-0.15, -0.1) is 0 Å². The molecule has 0 bridgehead atoms. The van der Waals surface area contributed by atoms with Crippen molar-refractivity contribution in [3.8, 4) is 0 Å². The second-order valence-corrected chi connectivity index (χ2v) is 104. The van der Waals surface area contributed by atoms with Gasteiger partial charge in [0.05, 0.1) is 0 Å². The molecule has 0 N–H and O–H groups in total. The average Bonchev–Trinajstić information content (AvgIpc) is 3.42. The van der Waals surface area contributed by atoms with E-state index in [4.69, 9.17) is 17.2 Å². The van der Waals surface area contributed by atoms with Crippen LogP contribution < -0.4 is 6.64 Å². The molecule has 0 aromatic heterocycles. The first-order valence-electron chi connectivity index (χ1n) is 12.7. The van der Waals surface area contributed by atoms with Gasteiger partial charge in [0.25, 0.3) is 0 Å². The molecule has 181 valence electrons. The molecular formula is C32H31Cl2HfSi. The summed E-state index contributed by atoms with van der Waals surface area (Å²) in [6.07, 6.45) is 4.64. The molecule has 0 fully saturated rings. The number of allylic oxidation sites excluding steroid dienone is 2. The van der Waals surface area contributed by atoms with Crippen LogP contribution in [0.2, 0.25) is 0 Å². The Morgan fingerprint density at radius 1 is 0.528 bits per heavy atom. The van der Waals surface area contributed by atoms with Crippen molar-refractivity contribution in [3.63, 3.8) is 0 Å². The summed E-state index contributed by atoms with van der Waals surface area (Å²) in [5.74, 6) is 0. The SMILES string of the molecule is CC1=Cc2ccccc2[CH]1[Hf]([SiH3])([Cl])([Cl])([c]1ccccc1)([c]1ccccc1)[CH]1C(C)=Cc2ccccc21. The molecule has 0 saturated heterocycles. The average molecular weight is 693 g/mol. The number of fused-ring (bicyclic) bond motifs is 2. The summed E-state index contributed by atoms with van der Waals surface area (Å²) >= 11 is -6.63. The summed E-state index contributed by atoms with van der Waals surface area (Å²) in [6.45, 7) is 4.49. The van der Waals surface area contributed by atoms with Crippen LogP contribution in [0.4, 0.5) is 0 Å². The van der Waals surface area contributed by atoms with Crippen molar-refractivity contribution in [2.45, 2.75) is 21.2 Å². The minimum absolute atomic E-state index is 0.121. The van der Waals surface area contributed by atoms with Crippen molar-refractivity contribution in [1.82, 2.24) is 0 Å². The number of rotatable bonds is 4. The van der Waals surface area contributed by atoms with Gasteiger partial charge in [0, 0.05) is 0 Å². The van der Waals surface area contributed by atoms with Crippen LogP contribution in [-0.4, -0.2) is 7.43 Å². The molecule has 4 aromatic rings. The zero-order valence-corrected chi connectivity index (χ0v) is 28.1. The van der Waals surface area contributed by atoms with Gasteiger partial charge >= 0.3 is 220 Å². The molecule has 0 aliphatic heterocycles. The van der Waals surface area contributed by atoms with Gasteiger partial charge in [0.15, 0.2) is 0 Å². The minimum atomic E-state index is -6.63. The van der Waals surface area contributed by atoms with Gasteiger partial charge in [0.1, 0.15) is 0 Å². The van der Waals surface area contributed by atoms with Gasteiger partial charge in [0.2, 0.25) is 0 Å². The third kappa shape index (κ3) is 2.64. The van der Waals surface area contributed by atoms with Crippen LogP contribution in [0.25, 0.3) is 12.2 Å². The Kier molecular flexibility index (Phi) is 4.81. The van der Waals surface area contributed by atoms with Crippen molar-refractivity contribution < 1.29 is 12.4 Å². The standard InChI is InChI=1S/2C10H9.2C6H5.2ClH.Hf.H3Si/c2*1-8-6-9-4-2-3-5-10(9)7-8;2*1-2-4-6-5-3-1;;;;/h2*2-7H,1H3;2*1-5H;2*1H;;1H3/q;;;;;;+2;/p-2. The molecule has 4 aromatic carbocycles. The molecule has 2 aliphatic carbocycles. The molecule has 6 rings (SSSR count). The molecule has 0 saturated carbocycles. The molecule has 0 spiro atoms. The second kappa shape index (κ2) is 7.11. The predicted molar refractivity (Wildman–Crippen MR) is 159 cm³/mol. The van der Waals surface area contributed by atoms with E-state index in [1.54, 1.807) is 0 Å². The van der Waals surface area contributed by atoms with Crippen molar-refractivity contribution in [2.24, 2.45) is 0 Å². The Bertz CT molecular complexity index is 1500. The van der Waals surface area contributed by atoms with Crippen LogP contribution in [-0.2, 0) is 12.4 Å². The Labute approximate surface area is 217 Å². The first-order valence-corrected chi connectivity index (χ1v) is 41.2. The third-order valence-corrected chi connectivity index (χ3v) is 78.8. The normalized spacial score (nSPS) is 21.8. The molecule has 0 nitrogen and oxygen atoms in total. The van der Waals surface area contributed by atoms with E-state index in [0.29, 0.717) is 7.43 Å². The van der Waals surface area contributed by atoms with Crippen LogP contribution in [0, 0.1) is 0 Å². The van der Waals surface area contributed by atoms with E-state index >= 15 is 0 Å². The maximum absolute atomic E-state index is 9.16. The van der Waals surface area contributed by atoms with Crippen LogP contribution in [0.1, 0.15) is 43.5 Å². The molecule has 0 amide bonds. The monoisotopic (exact) mass is 693 g/mol. The molecule has 0 heterocycles. The first kappa shape index (κ1) is 24.4. The van der Waals surface area contributed by atoms with Crippen LogP contribution in [0.15, 0.2) is 120 Å². The van der Waals surface area contributed by atoms with E-state index in [1.807, 2.05) is 0 Å². The number of hydrogen-bond acceptors (Lipinski definition) is 0. The zero-order chi connectivity index (χ0) is 25.3. The van der Waals surface area contributed by atoms with E-state index < -0.39 is 12.4 Å². The molecule has 2 unspecified atom stereocenters. The van der Waals surface area contributed by atoms with E-state index in [2.05, 4.69) is 135 Å². The first-order chi connectivity index (χ1) is 17.1. The van der Waals surface area contributed by atoms with Crippen molar-refractivity contribution in [1.29, 1.82) is 0 Å². The van der Waals surface area contributed by atoms with Crippen molar-refractivity contribution in [2.75, 3.05) is 0 Å². The second-order valence-electron chi connectivity index (χ2n) is 11.8. The van der Waals surface area contributed by atoms with Crippen LogP contribution in [0.3, 0.4) is 0 Å². The Morgan fingerprint density at radius 2 is 0.861 bits per heavy atom. The topological polar surface area (TPSA) is 0 Å². The number of hydrogen-bond donors (Lipinski definition) is 0. The molecule has 36 heavy (non-hydrogen) atoms. The summed E-state index contributed by atoms with van der Waals surface area (Å²) in [4.78, 5) is 0. The number of benzene rings is 4. The summed E-state index contributed by atoms with van der Waals surface area (Å²) in [6, 6.07) is 39.0. The van der Waals surface area contributed by atoms with Crippen LogP contribution in [0.5, 0.6) is 0 Å². The zero-order valence-electron chi connectivity index (χ0n) is 21.0.